The van der Waals surface area contributed by atoms with Crippen molar-refractivity contribution in [2.45, 2.75) is 5.54 Å². The Morgan fingerprint density at radius 3 is 3.21 bits per heavy atom. The van der Waals surface area contributed by atoms with Crippen LogP contribution in [0.15, 0.2) is 23.2 Å². The molecule has 2 aliphatic rings. The molecule has 2 aliphatic heterocycles. The van der Waals surface area contributed by atoms with Crippen molar-refractivity contribution in [1.82, 2.24) is 0 Å². The molecule has 2 heterocycles. The Morgan fingerprint density at radius 2 is 2.42 bits per heavy atom. The molecule has 1 saturated heterocycles. The highest BCUT2D eigenvalue weighted by molar-refractivity contribution is 8.13. The fraction of sp³-hybridized carbons (Fsp3) is 0.462. The van der Waals surface area contributed by atoms with Gasteiger partial charge in [0.1, 0.15) is 5.54 Å². The number of nitrogens with two attached hydrogens (primary N) is 1. The minimum absolute atomic E-state index is 0.226. The van der Waals surface area contributed by atoms with Gasteiger partial charge in [-0.05, 0) is 17.7 Å². The molecule has 0 unspecified atom stereocenters. The Kier molecular flexibility index (Phi) is 3.14. The first-order chi connectivity index (χ1) is 9.15. The normalized spacial score (nSPS) is 29.8. The molecule has 1 aromatic carbocycles. The molecule has 1 fully saturated rings. The van der Waals surface area contributed by atoms with Crippen LogP contribution in [0.2, 0.25) is 0 Å². The largest absolute Gasteiger partial charge is 0.494 e. The summed E-state index contributed by atoms with van der Waals surface area (Å²) in [6, 6.07) is 4.85. The van der Waals surface area contributed by atoms with Crippen LogP contribution in [0, 0.1) is 11.7 Å². The fourth-order valence-electron chi connectivity index (χ4n) is 2.65. The third-order valence-electron chi connectivity index (χ3n) is 3.71. The number of nitrogens with zero attached hydrogens (tertiary/aromatic N) is 1. The number of halogens is 1. The molecule has 0 amide bonds. The molecule has 19 heavy (non-hydrogen) atoms. The Balaban J connectivity index is 2.10. The first kappa shape index (κ1) is 12.7. The first-order valence-electron chi connectivity index (χ1n) is 6.05. The SMILES string of the molecule is COc1cc([C@]23COC[C@H]2CSC(N)=N3)ccc1F. The molecule has 4 nitrogen and oxygen atoms in total. The third-order valence-corrected chi connectivity index (χ3v) is 4.67. The van der Waals surface area contributed by atoms with Gasteiger partial charge in [-0.2, -0.15) is 0 Å². The lowest BCUT2D eigenvalue weighted by molar-refractivity contribution is 0.177. The monoisotopic (exact) mass is 282 g/mol. The van der Waals surface area contributed by atoms with E-state index in [0.717, 1.165) is 11.3 Å². The zero-order chi connectivity index (χ0) is 13.5. The summed E-state index contributed by atoms with van der Waals surface area (Å²) in [6.45, 7) is 1.14. The maximum absolute atomic E-state index is 13.5. The average molecular weight is 282 g/mol. The van der Waals surface area contributed by atoms with Gasteiger partial charge in [0.15, 0.2) is 16.7 Å². The molecule has 0 bridgehead atoms. The van der Waals surface area contributed by atoms with Crippen LogP contribution in [0.5, 0.6) is 5.75 Å². The number of methoxy groups -OCH3 is 1. The van der Waals surface area contributed by atoms with Gasteiger partial charge in [0.05, 0.1) is 20.3 Å². The van der Waals surface area contributed by atoms with Crippen molar-refractivity contribution in [2.75, 3.05) is 26.1 Å². The van der Waals surface area contributed by atoms with Crippen LogP contribution in [0.4, 0.5) is 4.39 Å². The lowest BCUT2D eigenvalue weighted by Crippen LogP contribution is -2.39. The summed E-state index contributed by atoms with van der Waals surface area (Å²) >= 11 is 1.54. The molecule has 0 spiro atoms. The average Bonchev–Trinajstić information content (AvgIpc) is 2.83. The maximum atomic E-state index is 13.5. The van der Waals surface area contributed by atoms with E-state index in [4.69, 9.17) is 15.2 Å². The van der Waals surface area contributed by atoms with Crippen LogP contribution < -0.4 is 10.5 Å². The highest BCUT2D eigenvalue weighted by Crippen LogP contribution is 2.45. The van der Waals surface area contributed by atoms with E-state index in [1.165, 1.54) is 13.2 Å². The van der Waals surface area contributed by atoms with Gasteiger partial charge in [-0.25, -0.2) is 9.38 Å². The topological polar surface area (TPSA) is 56.8 Å². The maximum Gasteiger partial charge on any atom is 0.165 e. The van der Waals surface area contributed by atoms with Crippen molar-refractivity contribution in [3.05, 3.63) is 29.6 Å². The van der Waals surface area contributed by atoms with E-state index in [9.17, 15) is 4.39 Å². The summed E-state index contributed by atoms with van der Waals surface area (Å²) in [5, 5.41) is 0.560. The Labute approximate surface area is 115 Å². The molecule has 1 aromatic rings. The number of rotatable bonds is 2. The summed E-state index contributed by atoms with van der Waals surface area (Å²) in [5.74, 6) is 0.986. The van der Waals surface area contributed by atoms with E-state index in [1.54, 1.807) is 23.9 Å². The predicted octanol–water partition coefficient (Wildman–Crippen LogP) is 1.74. The molecule has 3 rings (SSSR count). The number of amidine groups is 1. The second-order valence-corrected chi connectivity index (χ2v) is 5.79. The minimum atomic E-state index is -0.490. The van der Waals surface area contributed by atoms with Crippen molar-refractivity contribution < 1.29 is 13.9 Å². The molecular weight excluding hydrogens is 267 g/mol. The number of ether oxygens (including phenoxy) is 2. The molecule has 2 N–H and O–H groups in total. The Bertz CT molecular complexity index is 537. The van der Waals surface area contributed by atoms with Gasteiger partial charge >= 0.3 is 0 Å². The number of thioether (sulfide) groups is 1. The zero-order valence-electron chi connectivity index (χ0n) is 10.6. The standard InChI is InChI=1S/C13H15FN2O2S/c1-17-11-4-8(2-3-10(11)14)13-7-18-5-9(13)6-19-12(15)16-13/h2-4,9H,5-7H2,1H3,(H2,15,16)/t9-,13+/m0/s1. The number of hydrogen-bond acceptors (Lipinski definition) is 5. The highest BCUT2D eigenvalue weighted by atomic mass is 32.2. The molecule has 2 atom stereocenters. The summed E-state index contributed by atoms with van der Waals surface area (Å²) in [7, 11) is 1.46. The summed E-state index contributed by atoms with van der Waals surface area (Å²) in [6.07, 6.45) is 0. The quantitative estimate of drug-likeness (QED) is 0.897. The van der Waals surface area contributed by atoms with Gasteiger partial charge < -0.3 is 15.2 Å². The van der Waals surface area contributed by atoms with Crippen LogP contribution in [-0.2, 0) is 10.3 Å². The van der Waals surface area contributed by atoms with E-state index < -0.39 is 5.54 Å². The third kappa shape index (κ3) is 1.99. The fourth-order valence-corrected chi connectivity index (χ4v) is 3.62. The number of fused-ring (bicyclic) bond motifs is 1. The Morgan fingerprint density at radius 1 is 1.58 bits per heavy atom. The zero-order valence-corrected chi connectivity index (χ0v) is 11.4. The summed E-state index contributed by atoms with van der Waals surface area (Å²) < 4.78 is 24.2. The second kappa shape index (κ2) is 4.68. The predicted molar refractivity (Wildman–Crippen MR) is 73.0 cm³/mol. The van der Waals surface area contributed by atoms with Crippen LogP contribution in [-0.4, -0.2) is 31.2 Å². The van der Waals surface area contributed by atoms with Crippen molar-refractivity contribution in [3.8, 4) is 5.75 Å². The lowest BCUT2D eigenvalue weighted by Gasteiger charge is -2.34. The van der Waals surface area contributed by atoms with Crippen LogP contribution in [0.1, 0.15) is 5.56 Å². The summed E-state index contributed by atoms with van der Waals surface area (Å²) in [4.78, 5) is 4.61. The molecule has 0 saturated carbocycles. The first-order valence-corrected chi connectivity index (χ1v) is 7.04. The molecule has 102 valence electrons. The van der Waals surface area contributed by atoms with E-state index in [2.05, 4.69) is 4.99 Å². The minimum Gasteiger partial charge on any atom is -0.494 e. The highest BCUT2D eigenvalue weighted by Gasteiger charge is 2.48. The Hall–Kier alpha value is -1.27. The smallest absolute Gasteiger partial charge is 0.165 e. The van der Waals surface area contributed by atoms with Crippen LogP contribution in [0.25, 0.3) is 0 Å². The van der Waals surface area contributed by atoms with Crippen molar-refractivity contribution in [1.29, 1.82) is 0 Å². The van der Waals surface area contributed by atoms with E-state index >= 15 is 0 Å². The number of benzene rings is 1. The van der Waals surface area contributed by atoms with Gasteiger partial charge in [-0.1, -0.05) is 17.8 Å². The van der Waals surface area contributed by atoms with E-state index in [0.29, 0.717) is 18.4 Å². The van der Waals surface area contributed by atoms with Crippen molar-refractivity contribution >= 4 is 16.9 Å². The lowest BCUT2D eigenvalue weighted by atomic mass is 9.82. The molecule has 0 aliphatic carbocycles. The summed E-state index contributed by atoms with van der Waals surface area (Å²) in [5.41, 5.74) is 6.28. The molecule has 0 radical (unpaired) electrons. The molecule has 0 aromatic heterocycles. The molecule has 6 heteroatoms. The van der Waals surface area contributed by atoms with Crippen LogP contribution >= 0.6 is 11.8 Å². The number of aliphatic imine (C=N–C) groups is 1. The molecular formula is C13H15FN2O2S. The van der Waals surface area contributed by atoms with Gasteiger partial charge in [0.25, 0.3) is 0 Å². The van der Waals surface area contributed by atoms with Gasteiger partial charge in [-0.3, -0.25) is 0 Å². The van der Waals surface area contributed by atoms with E-state index in [-0.39, 0.29) is 17.5 Å². The van der Waals surface area contributed by atoms with Gasteiger partial charge in [0.2, 0.25) is 0 Å². The van der Waals surface area contributed by atoms with Gasteiger partial charge in [0, 0.05) is 11.7 Å². The number of hydrogen-bond donors (Lipinski definition) is 1. The van der Waals surface area contributed by atoms with Crippen molar-refractivity contribution in [2.24, 2.45) is 16.6 Å². The van der Waals surface area contributed by atoms with Crippen molar-refractivity contribution in [3.63, 3.8) is 0 Å². The second-order valence-electron chi connectivity index (χ2n) is 4.75. The van der Waals surface area contributed by atoms with Gasteiger partial charge in [-0.15, -0.1) is 0 Å². The van der Waals surface area contributed by atoms with E-state index in [1.807, 2.05) is 0 Å². The van der Waals surface area contributed by atoms with Crippen LogP contribution in [0.3, 0.4) is 0 Å².